The number of nitrogens with one attached hydrogen (secondary N) is 1. The van der Waals surface area contributed by atoms with Gasteiger partial charge in [0.05, 0.1) is 7.11 Å². The first-order valence-electron chi connectivity index (χ1n) is 5.52. The highest BCUT2D eigenvalue weighted by molar-refractivity contribution is 7.90. The molecule has 0 aliphatic rings. The Morgan fingerprint density at radius 3 is 2.55 bits per heavy atom. The van der Waals surface area contributed by atoms with E-state index in [-0.39, 0.29) is 12.2 Å². The predicted molar refractivity (Wildman–Crippen MR) is 68.4 cm³/mol. The van der Waals surface area contributed by atoms with Crippen LogP contribution in [-0.4, -0.2) is 42.8 Å². The van der Waals surface area contributed by atoms with Crippen molar-refractivity contribution in [3.05, 3.63) is 29.6 Å². The van der Waals surface area contributed by atoms with E-state index in [9.17, 15) is 18.0 Å². The number of carboxylic acid groups (broad SMARTS) is 1. The van der Waals surface area contributed by atoms with Gasteiger partial charge in [0.1, 0.15) is 5.69 Å². The number of carbonyl (C=O) groups is 2. The van der Waals surface area contributed by atoms with Crippen molar-refractivity contribution in [1.29, 1.82) is 0 Å². The van der Waals surface area contributed by atoms with Crippen LogP contribution < -0.4 is 4.72 Å². The zero-order valence-corrected chi connectivity index (χ0v) is 11.7. The molecule has 0 radical (unpaired) electrons. The third kappa shape index (κ3) is 4.00. The maximum absolute atomic E-state index is 11.8. The Balaban J connectivity index is 2.71. The van der Waals surface area contributed by atoms with E-state index in [4.69, 9.17) is 5.11 Å². The van der Waals surface area contributed by atoms with Crippen molar-refractivity contribution >= 4 is 22.0 Å². The predicted octanol–water partition coefficient (Wildman–Crippen LogP) is -0.239. The number of methoxy groups -OCH3 is 1. The van der Waals surface area contributed by atoms with E-state index in [2.05, 4.69) is 14.4 Å². The second kappa shape index (κ2) is 6.44. The SMILES string of the molecule is COC(=O)C(C)S(=O)(=O)NCc1ccc(C(=O)O)nc1. The van der Waals surface area contributed by atoms with Crippen LogP contribution in [0.15, 0.2) is 18.3 Å². The van der Waals surface area contributed by atoms with E-state index < -0.39 is 27.2 Å². The summed E-state index contributed by atoms with van der Waals surface area (Å²) >= 11 is 0. The molecule has 0 amide bonds. The fourth-order valence-electron chi connectivity index (χ4n) is 1.26. The molecule has 1 aromatic rings. The number of pyridine rings is 1. The quantitative estimate of drug-likeness (QED) is 0.695. The van der Waals surface area contributed by atoms with Gasteiger partial charge in [-0.25, -0.2) is 22.9 Å². The van der Waals surface area contributed by atoms with Crippen LogP contribution in [0.3, 0.4) is 0 Å². The summed E-state index contributed by atoms with van der Waals surface area (Å²) in [5.41, 5.74) is 0.329. The number of hydrogen-bond donors (Lipinski definition) is 2. The van der Waals surface area contributed by atoms with Crippen molar-refractivity contribution in [2.24, 2.45) is 0 Å². The molecule has 0 fully saturated rings. The van der Waals surface area contributed by atoms with Crippen molar-refractivity contribution in [2.45, 2.75) is 18.7 Å². The number of hydrogen-bond acceptors (Lipinski definition) is 6. The van der Waals surface area contributed by atoms with Crippen LogP contribution in [-0.2, 0) is 26.1 Å². The van der Waals surface area contributed by atoms with Gasteiger partial charge in [-0.3, -0.25) is 4.79 Å². The summed E-state index contributed by atoms with van der Waals surface area (Å²) in [7, 11) is -2.76. The van der Waals surface area contributed by atoms with Gasteiger partial charge >= 0.3 is 11.9 Å². The maximum atomic E-state index is 11.8. The Labute approximate surface area is 115 Å². The van der Waals surface area contributed by atoms with E-state index in [1.165, 1.54) is 25.3 Å². The minimum Gasteiger partial charge on any atom is -0.477 e. The lowest BCUT2D eigenvalue weighted by atomic mass is 10.2. The molecule has 1 atom stereocenters. The smallest absolute Gasteiger partial charge is 0.354 e. The molecule has 0 saturated carbocycles. The first-order valence-corrected chi connectivity index (χ1v) is 7.07. The third-order valence-corrected chi connectivity index (χ3v) is 4.19. The summed E-state index contributed by atoms with van der Waals surface area (Å²) in [4.78, 5) is 25.4. The summed E-state index contributed by atoms with van der Waals surface area (Å²) in [6.07, 6.45) is 1.24. The highest BCUT2D eigenvalue weighted by Crippen LogP contribution is 2.04. The van der Waals surface area contributed by atoms with Crippen molar-refractivity contribution in [2.75, 3.05) is 7.11 Å². The zero-order valence-electron chi connectivity index (χ0n) is 10.9. The number of rotatable bonds is 6. The summed E-state index contributed by atoms with van der Waals surface area (Å²) < 4.78 is 30.1. The molecule has 0 saturated heterocycles. The van der Waals surface area contributed by atoms with Gasteiger partial charge in [0.2, 0.25) is 10.0 Å². The Morgan fingerprint density at radius 2 is 2.10 bits per heavy atom. The molecule has 1 heterocycles. The van der Waals surface area contributed by atoms with Crippen LogP contribution in [0.1, 0.15) is 23.0 Å². The summed E-state index contributed by atoms with van der Waals surface area (Å²) in [6, 6.07) is 2.69. The Kier molecular flexibility index (Phi) is 5.17. The van der Waals surface area contributed by atoms with Crippen molar-refractivity contribution in [3.8, 4) is 0 Å². The van der Waals surface area contributed by atoms with Gasteiger partial charge in [0.25, 0.3) is 0 Å². The van der Waals surface area contributed by atoms with Crippen LogP contribution in [0.5, 0.6) is 0 Å². The molecule has 0 aliphatic carbocycles. The summed E-state index contributed by atoms with van der Waals surface area (Å²) in [5, 5.41) is 7.34. The molecule has 1 aromatic heterocycles. The molecular weight excluding hydrogens is 288 g/mol. The van der Waals surface area contributed by atoms with Gasteiger partial charge in [-0.1, -0.05) is 6.07 Å². The molecule has 0 bridgehead atoms. The normalized spacial score (nSPS) is 12.7. The Morgan fingerprint density at radius 1 is 1.45 bits per heavy atom. The zero-order chi connectivity index (χ0) is 15.3. The van der Waals surface area contributed by atoms with Gasteiger partial charge in [-0.2, -0.15) is 0 Å². The molecule has 1 unspecified atom stereocenters. The summed E-state index contributed by atoms with van der Waals surface area (Å²) in [5.74, 6) is -2.03. The average molecular weight is 302 g/mol. The number of carbonyl (C=O) groups excluding carboxylic acids is 1. The molecule has 0 aromatic carbocycles. The number of ether oxygens (including phenoxy) is 1. The van der Waals surface area contributed by atoms with E-state index in [0.29, 0.717) is 5.56 Å². The lowest BCUT2D eigenvalue weighted by molar-refractivity contribution is -0.139. The monoisotopic (exact) mass is 302 g/mol. The number of esters is 1. The first kappa shape index (κ1) is 16.1. The van der Waals surface area contributed by atoms with Gasteiger partial charge in [-0.15, -0.1) is 0 Å². The number of carboxylic acids is 1. The minimum atomic E-state index is -3.86. The largest absolute Gasteiger partial charge is 0.477 e. The molecule has 2 N–H and O–H groups in total. The molecule has 0 spiro atoms. The summed E-state index contributed by atoms with van der Waals surface area (Å²) in [6.45, 7) is 1.11. The lowest BCUT2D eigenvalue weighted by Gasteiger charge is -2.11. The highest BCUT2D eigenvalue weighted by Gasteiger charge is 2.28. The highest BCUT2D eigenvalue weighted by atomic mass is 32.2. The van der Waals surface area contributed by atoms with Crippen LogP contribution >= 0.6 is 0 Å². The van der Waals surface area contributed by atoms with E-state index >= 15 is 0 Å². The van der Waals surface area contributed by atoms with Crippen LogP contribution in [0.2, 0.25) is 0 Å². The van der Waals surface area contributed by atoms with Gasteiger partial charge in [-0.05, 0) is 18.6 Å². The minimum absolute atomic E-state index is 0.101. The van der Waals surface area contributed by atoms with Crippen molar-refractivity contribution in [1.82, 2.24) is 9.71 Å². The fraction of sp³-hybridized carbons (Fsp3) is 0.364. The molecule has 1 rings (SSSR count). The number of nitrogens with zero attached hydrogens (tertiary/aromatic N) is 1. The van der Waals surface area contributed by atoms with Crippen LogP contribution in [0.25, 0.3) is 0 Å². The van der Waals surface area contributed by atoms with Gasteiger partial charge in [0.15, 0.2) is 5.25 Å². The van der Waals surface area contributed by atoms with Gasteiger partial charge in [0, 0.05) is 12.7 Å². The molecule has 0 aliphatic heterocycles. The number of aromatic carboxylic acids is 1. The topological polar surface area (TPSA) is 123 Å². The Hall–Kier alpha value is -2.00. The second-order valence-electron chi connectivity index (χ2n) is 3.89. The van der Waals surface area contributed by atoms with E-state index in [0.717, 1.165) is 7.11 Å². The lowest BCUT2D eigenvalue weighted by Crippen LogP contribution is -2.37. The van der Waals surface area contributed by atoms with Gasteiger partial charge < -0.3 is 9.84 Å². The molecule has 9 heteroatoms. The third-order valence-electron chi connectivity index (χ3n) is 2.52. The number of sulfonamides is 1. The van der Waals surface area contributed by atoms with Crippen LogP contribution in [0.4, 0.5) is 0 Å². The molecule has 8 nitrogen and oxygen atoms in total. The molecule has 20 heavy (non-hydrogen) atoms. The molecular formula is C11H14N2O6S. The van der Waals surface area contributed by atoms with Crippen molar-refractivity contribution < 1.29 is 27.9 Å². The van der Waals surface area contributed by atoms with Crippen LogP contribution in [0, 0.1) is 0 Å². The maximum Gasteiger partial charge on any atom is 0.354 e. The average Bonchev–Trinajstić information content (AvgIpc) is 2.43. The fourth-order valence-corrected chi connectivity index (χ4v) is 2.22. The van der Waals surface area contributed by atoms with E-state index in [1.807, 2.05) is 0 Å². The second-order valence-corrected chi connectivity index (χ2v) is 5.97. The van der Waals surface area contributed by atoms with E-state index in [1.54, 1.807) is 0 Å². The Bertz CT molecular complexity index is 596. The first-order chi connectivity index (χ1) is 9.27. The number of aromatic nitrogens is 1. The van der Waals surface area contributed by atoms with Crippen molar-refractivity contribution in [3.63, 3.8) is 0 Å². The standard InChI is InChI=1S/C11H14N2O6S/c1-7(11(16)19-2)20(17,18)13-6-8-3-4-9(10(14)15)12-5-8/h3-5,7,13H,6H2,1-2H3,(H,14,15). The molecule has 110 valence electrons.